The van der Waals surface area contributed by atoms with Crippen molar-refractivity contribution in [3.63, 3.8) is 0 Å². The molecule has 0 fully saturated rings. The van der Waals surface area contributed by atoms with E-state index in [4.69, 9.17) is 32.7 Å². The van der Waals surface area contributed by atoms with Crippen LogP contribution < -0.4 is 4.74 Å². The maximum absolute atomic E-state index is 12.3. The Morgan fingerprint density at radius 2 is 1.96 bits per heavy atom. The first-order valence-electron chi connectivity index (χ1n) is 7.79. The van der Waals surface area contributed by atoms with Crippen molar-refractivity contribution < 1.29 is 19.4 Å². The number of esters is 1. The van der Waals surface area contributed by atoms with Gasteiger partial charge in [-0.2, -0.15) is 5.10 Å². The van der Waals surface area contributed by atoms with Crippen molar-refractivity contribution in [3.8, 4) is 11.5 Å². The minimum atomic E-state index is -2.00. The van der Waals surface area contributed by atoms with E-state index in [9.17, 15) is 9.90 Å². The van der Waals surface area contributed by atoms with E-state index < -0.39 is 11.6 Å². The van der Waals surface area contributed by atoms with Crippen molar-refractivity contribution >= 4 is 29.2 Å². The fourth-order valence-electron chi connectivity index (χ4n) is 2.46. The summed E-state index contributed by atoms with van der Waals surface area (Å²) in [7, 11) is 1.19. The van der Waals surface area contributed by atoms with Gasteiger partial charge in [0.15, 0.2) is 0 Å². The average Bonchev–Trinajstić information content (AvgIpc) is 3.17. The minimum absolute atomic E-state index is 0.187. The first-order chi connectivity index (χ1) is 12.9. The molecule has 1 unspecified atom stereocenters. The van der Waals surface area contributed by atoms with Crippen LogP contribution in [0.2, 0.25) is 10.0 Å². The summed E-state index contributed by atoms with van der Waals surface area (Å²) in [6, 6.07) is 11.3. The van der Waals surface area contributed by atoms with E-state index in [0.29, 0.717) is 16.5 Å². The Labute approximate surface area is 165 Å². The Morgan fingerprint density at radius 3 is 2.56 bits per heavy atom. The summed E-state index contributed by atoms with van der Waals surface area (Å²) in [5.74, 6) is 0.0519. The number of aliphatic hydroxyl groups is 1. The van der Waals surface area contributed by atoms with Crippen molar-refractivity contribution in [3.05, 3.63) is 70.7 Å². The largest absolute Gasteiger partial charge is 0.467 e. The molecular weight excluding hydrogens is 393 g/mol. The van der Waals surface area contributed by atoms with Gasteiger partial charge in [0, 0.05) is 5.02 Å². The molecule has 2 aromatic carbocycles. The normalized spacial score (nSPS) is 13.0. The van der Waals surface area contributed by atoms with Crippen molar-refractivity contribution in [1.82, 2.24) is 14.8 Å². The van der Waals surface area contributed by atoms with Gasteiger partial charge in [0.2, 0.25) is 5.60 Å². The van der Waals surface area contributed by atoms with Gasteiger partial charge in [-0.25, -0.2) is 14.5 Å². The van der Waals surface area contributed by atoms with Gasteiger partial charge in [0.05, 0.1) is 18.7 Å². The SMILES string of the molecule is COC(=O)C(O)(Cn1cncn1)c1ccc(Oc2ccc(Cl)cc2)c(Cl)c1. The lowest BCUT2D eigenvalue weighted by Gasteiger charge is -2.26. The predicted octanol–water partition coefficient (Wildman–Crippen LogP) is 3.44. The van der Waals surface area contributed by atoms with E-state index in [2.05, 4.69) is 10.1 Å². The highest BCUT2D eigenvalue weighted by Crippen LogP contribution is 2.34. The maximum Gasteiger partial charge on any atom is 0.344 e. The van der Waals surface area contributed by atoms with Crippen molar-refractivity contribution in [2.75, 3.05) is 7.11 Å². The number of aromatic nitrogens is 3. The lowest BCUT2D eigenvalue weighted by molar-refractivity contribution is -0.165. The average molecular weight is 408 g/mol. The number of methoxy groups -OCH3 is 1. The molecule has 9 heteroatoms. The van der Waals surface area contributed by atoms with Gasteiger partial charge in [-0.05, 0) is 42.0 Å². The van der Waals surface area contributed by atoms with Crippen molar-refractivity contribution in [2.24, 2.45) is 0 Å². The highest BCUT2D eigenvalue weighted by molar-refractivity contribution is 6.32. The third-order valence-corrected chi connectivity index (χ3v) is 4.38. The number of carbonyl (C=O) groups excluding carboxylic acids is 1. The molecular formula is C18H15Cl2N3O4. The highest BCUT2D eigenvalue weighted by atomic mass is 35.5. The number of rotatable bonds is 6. The molecule has 0 spiro atoms. The topological polar surface area (TPSA) is 86.5 Å². The number of carbonyl (C=O) groups is 1. The van der Waals surface area contributed by atoms with Gasteiger partial charge in [0.25, 0.3) is 0 Å². The monoisotopic (exact) mass is 407 g/mol. The number of hydrogen-bond donors (Lipinski definition) is 1. The summed E-state index contributed by atoms with van der Waals surface area (Å²) in [4.78, 5) is 16.1. The molecule has 1 heterocycles. The maximum atomic E-state index is 12.3. The van der Waals surface area contributed by atoms with Crippen LogP contribution in [0.3, 0.4) is 0 Å². The van der Waals surface area contributed by atoms with Crippen LogP contribution in [-0.4, -0.2) is 33.0 Å². The van der Waals surface area contributed by atoms with Crippen LogP contribution in [0.4, 0.5) is 0 Å². The van der Waals surface area contributed by atoms with Gasteiger partial charge in [-0.15, -0.1) is 0 Å². The standard InChI is InChI=1S/C18H15Cl2N3O4/c1-26-17(24)18(25,9-23-11-21-10-22-23)12-2-7-16(15(20)8-12)27-14-5-3-13(19)4-6-14/h2-8,10-11,25H,9H2,1H3. The molecule has 0 aliphatic heterocycles. The van der Waals surface area contributed by atoms with Crippen LogP contribution in [-0.2, 0) is 21.7 Å². The number of benzene rings is 2. The van der Waals surface area contributed by atoms with E-state index >= 15 is 0 Å². The van der Waals surface area contributed by atoms with Gasteiger partial charge >= 0.3 is 5.97 Å². The van der Waals surface area contributed by atoms with E-state index in [0.717, 1.165) is 0 Å². The second kappa shape index (κ2) is 7.96. The summed E-state index contributed by atoms with van der Waals surface area (Å²) < 4.78 is 11.8. The molecule has 1 atom stereocenters. The van der Waals surface area contributed by atoms with Gasteiger partial charge in [-0.1, -0.05) is 29.3 Å². The summed E-state index contributed by atoms with van der Waals surface area (Å²) in [6.07, 6.45) is 2.68. The molecule has 140 valence electrons. The first kappa shape index (κ1) is 19.2. The van der Waals surface area contributed by atoms with E-state index in [-0.39, 0.29) is 17.1 Å². The summed E-state index contributed by atoms with van der Waals surface area (Å²) >= 11 is 12.2. The number of hydrogen-bond acceptors (Lipinski definition) is 6. The van der Waals surface area contributed by atoms with Crippen LogP contribution in [0.5, 0.6) is 11.5 Å². The predicted molar refractivity (Wildman–Crippen MR) is 98.9 cm³/mol. The second-order valence-corrected chi connectivity index (χ2v) is 6.49. The molecule has 0 saturated heterocycles. The fourth-order valence-corrected chi connectivity index (χ4v) is 2.81. The van der Waals surface area contributed by atoms with Crippen LogP contribution in [0.1, 0.15) is 5.56 Å². The number of nitrogens with zero attached hydrogens (tertiary/aromatic N) is 3. The lowest BCUT2D eigenvalue weighted by Crippen LogP contribution is -2.41. The van der Waals surface area contributed by atoms with Gasteiger partial charge in [0.1, 0.15) is 24.2 Å². The Bertz CT molecular complexity index is 932. The minimum Gasteiger partial charge on any atom is -0.467 e. The third kappa shape index (κ3) is 4.21. The van der Waals surface area contributed by atoms with Gasteiger partial charge < -0.3 is 14.6 Å². The molecule has 3 rings (SSSR count). The van der Waals surface area contributed by atoms with E-state index in [1.54, 1.807) is 30.3 Å². The Morgan fingerprint density at radius 1 is 1.22 bits per heavy atom. The first-order valence-corrected chi connectivity index (χ1v) is 8.54. The molecule has 27 heavy (non-hydrogen) atoms. The van der Waals surface area contributed by atoms with Crippen molar-refractivity contribution in [1.29, 1.82) is 0 Å². The number of halogens is 2. The van der Waals surface area contributed by atoms with Crippen LogP contribution >= 0.6 is 23.2 Å². The molecule has 0 amide bonds. The van der Waals surface area contributed by atoms with Crippen LogP contribution in [0, 0.1) is 0 Å². The Kier molecular flexibility index (Phi) is 5.65. The molecule has 0 aliphatic carbocycles. The van der Waals surface area contributed by atoms with E-state index in [1.807, 2.05) is 0 Å². The molecule has 1 aromatic heterocycles. The number of ether oxygens (including phenoxy) is 2. The molecule has 7 nitrogen and oxygen atoms in total. The summed E-state index contributed by atoms with van der Waals surface area (Å²) in [5, 5.41) is 15.7. The lowest BCUT2D eigenvalue weighted by atomic mass is 9.93. The molecule has 3 aromatic rings. The zero-order valence-electron chi connectivity index (χ0n) is 14.2. The second-order valence-electron chi connectivity index (χ2n) is 5.65. The fraction of sp³-hybridized carbons (Fsp3) is 0.167. The molecule has 0 aliphatic rings. The van der Waals surface area contributed by atoms with E-state index in [1.165, 1.54) is 36.6 Å². The molecule has 1 N–H and O–H groups in total. The molecule has 0 saturated carbocycles. The van der Waals surface area contributed by atoms with Crippen LogP contribution in [0.15, 0.2) is 55.1 Å². The smallest absolute Gasteiger partial charge is 0.344 e. The Hall–Kier alpha value is -2.61. The summed E-state index contributed by atoms with van der Waals surface area (Å²) in [6.45, 7) is -0.187. The Balaban J connectivity index is 1.91. The quantitative estimate of drug-likeness (QED) is 0.629. The highest BCUT2D eigenvalue weighted by Gasteiger charge is 2.40. The molecule has 0 radical (unpaired) electrons. The van der Waals surface area contributed by atoms with Gasteiger partial charge in [-0.3, -0.25) is 0 Å². The third-order valence-electron chi connectivity index (χ3n) is 3.83. The zero-order chi connectivity index (χ0) is 19.4. The van der Waals surface area contributed by atoms with Crippen molar-refractivity contribution in [2.45, 2.75) is 12.1 Å². The summed E-state index contributed by atoms with van der Waals surface area (Å²) in [5.41, 5.74) is -1.76. The molecule has 0 bridgehead atoms. The van der Waals surface area contributed by atoms with Crippen LogP contribution in [0.25, 0.3) is 0 Å². The zero-order valence-corrected chi connectivity index (χ0v) is 15.7.